The molecule has 0 bridgehead atoms. The first kappa shape index (κ1) is 16.7. The van der Waals surface area contributed by atoms with Crippen molar-refractivity contribution in [1.29, 1.82) is 0 Å². The summed E-state index contributed by atoms with van der Waals surface area (Å²) in [4.78, 5) is 0. The van der Waals surface area contributed by atoms with Gasteiger partial charge in [0.05, 0.1) is 10.0 Å². The Labute approximate surface area is 129 Å². The molecule has 118 valence electrons. The van der Waals surface area contributed by atoms with Crippen LogP contribution in [-0.4, -0.2) is 0 Å². The molecule has 2 aromatic carbocycles. The lowest BCUT2D eigenvalue weighted by atomic mass is 10.2. The average molecular weight is 385 g/mol. The minimum atomic E-state index is -4.88. The molecule has 0 amide bonds. The molecule has 0 aromatic heterocycles. The Morgan fingerprint density at radius 3 is 1.95 bits per heavy atom. The highest BCUT2D eigenvalue weighted by molar-refractivity contribution is 9.10. The van der Waals surface area contributed by atoms with Crippen LogP contribution in [0.4, 0.5) is 26.3 Å². The van der Waals surface area contributed by atoms with Crippen LogP contribution in [0.5, 0.6) is 11.5 Å². The van der Waals surface area contributed by atoms with E-state index in [4.69, 9.17) is 4.74 Å². The van der Waals surface area contributed by atoms with E-state index < -0.39 is 34.9 Å². The predicted octanol–water partition coefficient (Wildman–Crippen LogP) is 5.99. The van der Waals surface area contributed by atoms with Gasteiger partial charge in [0.25, 0.3) is 0 Å². The van der Waals surface area contributed by atoms with Gasteiger partial charge in [0.15, 0.2) is 17.4 Å². The van der Waals surface area contributed by atoms with Crippen LogP contribution >= 0.6 is 15.9 Å². The number of hydrogen-bond acceptors (Lipinski definition) is 1. The zero-order chi connectivity index (χ0) is 16.7. The summed E-state index contributed by atoms with van der Waals surface area (Å²) in [5.41, 5.74) is -1.32. The van der Waals surface area contributed by atoms with E-state index in [2.05, 4.69) is 15.9 Å². The van der Waals surface area contributed by atoms with Gasteiger partial charge in [0.1, 0.15) is 11.6 Å². The first-order chi connectivity index (χ1) is 10.1. The molecular formula is C14H7BrF6O. The first-order valence-corrected chi connectivity index (χ1v) is 6.58. The van der Waals surface area contributed by atoms with Gasteiger partial charge in [-0.05, 0) is 52.7 Å². The van der Waals surface area contributed by atoms with Crippen molar-refractivity contribution in [2.75, 3.05) is 0 Å². The van der Waals surface area contributed by atoms with Gasteiger partial charge in [0.2, 0.25) is 0 Å². The summed E-state index contributed by atoms with van der Waals surface area (Å²) in [6.45, 7) is 1.40. The Morgan fingerprint density at radius 1 is 0.909 bits per heavy atom. The number of rotatable bonds is 2. The molecule has 0 aliphatic heterocycles. The quantitative estimate of drug-likeness (QED) is 0.578. The maximum Gasteiger partial charge on any atom is 0.416 e. The number of aryl methyl sites for hydroxylation is 1. The zero-order valence-corrected chi connectivity index (χ0v) is 12.4. The molecule has 0 heterocycles. The SMILES string of the molecule is Cc1cc(Oc2c(F)cc(C(F)(F)F)cc2F)c(Br)cc1F. The second kappa shape index (κ2) is 5.83. The Bertz CT molecular complexity index is 703. The Morgan fingerprint density at radius 2 is 1.45 bits per heavy atom. The predicted molar refractivity (Wildman–Crippen MR) is 70.3 cm³/mol. The molecule has 0 radical (unpaired) electrons. The molecule has 0 atom stereocenters. The van der Waals surface area contributed by atoms with Gasteiger partial charge >= 0.3 is 6.18 Å². The van der Waals surface area contributed by atoms with Gasteiger partial charge in [-0.1, -0.05) is 0 Å². The molecule has 0 fully saturated rings. The molecule has 0 spiro atoms. The van der Waals surface area contributed by atoms with Crippen LogP contribution in [0.1, 0.15) is 11.1 Å². The highest BCUT2D eigenvalue weighted by Crippen LogP contribution is 2.37. The molecule has 0 N–H and O–H groups in total. The average Bonchev–Trinajstić information content (AvgIpc) is 2.38. The molecular weight excluding hydrogens is 378 g/mol. The minimum absolute atomic E-state index is 0.0642. The monoisotopic (exact) mass is 384 g/mol. The highest BCUT2D eigenvalue weighted by atomic mass is 79.9. The van der Waals surface area contributed by atoms with E-state index in [0.29, 0.717) is 0 Å². The van der Waals surface area contributed by atoms with Gasteiger partial charge in [-0.15, -0.1) is 0 Å². The van der Waals surface area contributed by atoms with E-state index in [-0.39, 0.29) is 27.9 Å². The number of alkyl halides is 3. The van der Waals surface area contributed by atoms with Crippen molar-refractivity contribution in [2.45, 2.75) is 13.1 Å². The molecule has 0 aliphatic carbocycles. The van der Waals surface area contributed by atoms with Crippen LogP contribution in [0.25, 0.3) is 0 Å². The van der Waals surface area contributed by atoms with E-state index in [9.17, 15) is 26.3 Å². The molecule has 2 aromatic rings. The van der Waals surface area contributed by atoms with E-state index in [1.807, 2.05) is 0 Å². The van der Waals surface area contributed by atoms with E-state index in [1.165, 1.54) is 6.92 Å². The van der Waals surface area contributed by atoms with Crippen LogP contribution in [0.15, 0.2) is 28.7 Å². The van der Waals surface area contributed by atoms with Crippen LogP contribution in [0, 0.1) is 24.4 Å². The van der Waals surface area contributed by atoms with E-state index >= 15 is 0 Å². The summed E-state index contributed by atoms with van der Waals surface area (Å²) < 4.78 is 83.0. The third-order valence-electron chi connectivity index (χ3n) is 2.75. The van der Waals surface area contributed by atoms with Crippen molar-refractivity contribution < 1.29 is 31.1 Å². The third kappa shape index (κ3) is 3.37. The van der Waals surface area contributed by atoms with Gasteiger partial charge < -0.3 is 4.74 Å². The lowest BCUT2D eigenvalue weighted by Crippen LogP contribution is -2.07. The second-order valence-electron chi connectivity index (χ2n) is 4.40. The van der Waals surface area contributed by atoms with Gasteiger partial charge in [-0.25, -0.2) is 13.2 Å². The lowest BCUT2D eigenvalue weighted by molar-refractivity contribution is -0.138. The molecule has 0 unspecified atom stereocenters. The summed E-state index contributed by atoms with van der Waals surface area (Å²) in [6, 6.07) is 2.44. The van der Waals surface area contributed by atoms with Crippen LogP contribution in [-0.2, 0) is 6.18 Å². The zero-order valence-electron chi connectivity index (χ0n) is 10.9. The normalized spacial score (nSPS) is 11.6. The maximum atomic E-state index is 13.7. The Kier molecular flexibility index (Phi) is 4.42. The van der Waals surface area contributed by atoms with Gasteiger partial charge in [-0.2, -0.15) is 13.2 Å². The fourth-order valence-corrected chi connectivity index (χ4v) is 2.04. The van der Waals surface area contributed by atoms with Crippen molar-refractivity contribution in [3.63, 3.8) is 0 Å². The van der Waals surface area contributed by atoms with Crippen LogP contribution < -0.4 is 4.74 Å². The molecule has 8 heteroatoms. The second-order valence-corrected chi connectivity index (χ2v) is 5.25. The highest BCUT2D eigenvalue weighted by Gasteiger charge is 2.33. The molecule has 1 nitrogen and oxygen atoms in total. The summed E-state index contributed by atoms with van der Waals surface area (Å²) in [7, 11) is 0. The van der Waals surface area contributed by atoms with E-state index in [1.54, 1.807) is 0 Å². The molecule has 0 saturated heterocycles. The third-order valence-corrected chi connectivity index (χ3v) is 3.37. The van der Waals surface area contributed by atoms with E-state index in [0.717, 1.165) is 12.1 Å². The number of halogens is 7. The molecule has 0 aliphatic rings. The number of hydrogen-bond donors (Lipinski definition) is 0. The Balaban J connectivity index is 2.45. The van der Waals surface area contributed by atoms with Crippen molar-refractivity contribution in [3.05, 3.63) is 57.3 Å². The number of benzene rings is 2. The van der Waals surface area contributed by atoms with Crippen molar-refractivity contribution in [3.8, 4) is 11.5 Å². The standard InChI is InChI=1S/C14H7BrF6O/c1-6-2-12(8(15)5-9(6)16)22-13-10(17)3-7(4-11(13)18)14(19,20)21/h2-5H,1H3. The molecule has 22 heavy (non-hydrogen) atoms. The molecule has 0 saturated carbocycles. The smallest absolute Gasteiger partial charge is 0.416 e. The lowest BCUT2D eigenvalue weighted by Gasteiger charge is -2.13. The largest absolute Gasteiger partial charge is 0.450 e. The first-order valence-electron chi connectivity index (χ1n) is 5.79. The number of ether oxygens (including phenoxy) is 1. The van der Waals surface area contributed by atoms with Gasteiger partial charge in [0, 0.05) is 0 Å². The van der Waals surface area contributed by atoms with Crippen LogP contribution in [0.2, 0.25) is 0 Å². The fraction of sp³-hybridized carbons (Fsp3) is 0.143. The van der Waals surface area contributed by atoms with Gasteiger partial charge in [-0.3, -0.25) is 0 Å². The maximum absolute atomic E-state index is 13.7. The van der Waals surface area contributed by atoms with Crippen LogP contribution in [0.3, 0.4) is 0 Å². The minimum Gasteiger partial charge on any atom is -0.450 e. The summed E-state index contributed by atoms with van der Waals surface area (Å²) in [6.07, 6.45) is -4.88. The van der Waals surface area contributed by atoms with Crippen molar-refractivity contribution in [1.82, 2.24) is 0 Å². The summed E-state index contributed by atoms with van der Waals surface area (Å²) >= 11 is 2.94. The van der Waals surface area contributed by atoms with Crippen molar-refractivity contribution in [2.24, 2.45) is 0 Å². The molecule has 2 rings (SSSR count). The van der Waals surface area contributed by atoms with Crippen molar-refractivity contribution >= 4 is 15.9 Å². The Hall–Kier alpha value is -1.70. The fourth-order valence-electron chi connectivity index (χ4n) is 1.64. The summed E-state index contributed by atoms with van der Waals surface area (Å²) in [5.74, 6) is -4.73. The topological polar surface area (TPSA) is 9.23 Å². The summed E-state index contributed by atoms with van der Waals surface area (Å²) in [5, 5.41) is 0.